The van der Waals surface area contributed by atoms with Crippen molar-refractivity contribution in [3.63, 3.8) is 0 Å². The second kappa shape index (κ2) is 6.34. The van der Waals surface area contributed by atoms with Crippen LogP contribution in [0.1, 0.15) is 11.1 Å². The number of hydrogen-bond donors (Lipinski definition) is 2. The van der Waals surface area contributed by atoms with Crippen LogP contribution in [0.2, 0.25) is 0 Å². The Labute approximate surface area is 138 Å². The van der Waals surface area contributed by atoms with E-state index < -0.39 is 15.5 Å². The van der Waals surface area contributed by atoms with Crippen molar-refractivity contribution in [3.05, 3.63) is 66.4 Å². The molecule has 7 nitrogen and oxygen atoms in total. The van der Waals surface area contributed by atoms with Crippen LogP contribution in [0.4, 0.5) is 11.4 Å². The van der Waals surface area contributed by atoms with Crippen molar-refractivity contribution in [1.82, 2.24) is 4.98 Å². The molecule has 1 heterocycles. The number of fused-ring (bicyclic) bond motifs is 1. The van der Waals surface area contributed by atoms with Gasteiger partial charge in [0, 0.05) is 5.39 Å². The summed E-state index contributed by atoms with van der Waals surface area (Å²) >= 11 is 0. The number of pyridine rings is 1. The lowest BCUT2D eigenvalue weighted by Crippen LogP contribution is -2.11. The normalized spacial score (nSPS) is 13.4. The molecule has 3 N–H and O–H groups in total. The van der Waals surface area contributed by atoms with Gasteiger partial charge in [0.25, 0.3) is 10.1 Å². The average Bonchev–Trinajstić information content (AvgIpc) is 2.55. The number of aromatic nitrogens is 1. The average molecular weight is 342 g/mol. The predicted octanol–water partition coefficient (Wildman–Crippen LogP) is 3.49. The minimum atomic E-state index is -4.53. The Bertz CT molecular complexity index is 1000. The Morgan fingerprint density at radius 2 is 1.75 bits per heavy atom. The summed E-state index contributed by atoms with van der Waals surface area (Å²) in [5, 5.41) is 6.76. The summed E-state index contributed by atoms with van der Waals surface area (Å²) in [7, 11) is -4.53. The van der Waals surface area contributed by atoms with Crippen LogP contribution in [-0.2, 0) is 10.1 Å². The Balaban J connectivity index is 2.07. The molecule has 0 aliphatic rings. The van der Waals surface area contributed by atoms with Crippen molar-refractivity contribution in [3.8, 4) is 0 Å². The van der Waals surface area contributed by atoms with E-state index in [0.717, 1.165) is 5.39 Å². The highest BCUT2D eigenvalue weighted by Gasteiger charge is 2.27. The van der Waals surface area contributed by atoms with Gasteiger partial charge in [0.05, 0.1) is 22.6 Å². The molecule has 1 atom stereocenters. The van der Waals surface area contributed by atoms with Crippen molar-refractivity contribution < 1.29 is 13.0 Å². The number of rotatable bonds is 4. The van der Waals surface area contributed by atoms with Gasteiger partial charge in [0.15, 0.2) is 0 Å². The van der Waals surface area contributed by atoms with Crippen LogP contribution >= 0.6 is 0 Å². The molecule has 8 heteroatoms. The number of azo groups is 1. The zero-order valence-corrected chi connectivity index (χ0v) is 13.3. The van der Waals surface area contributed by atoms with Gasteiger partial charge in [0.2, 0.25) is 5.37 Å². The first kappa shape index (κ1) is 16.0. The fraction of sp³-hybridized carbons (Fsp3) is 0.0625. The monoisotopic (exact) mass is 342 g/mol. The molecule has 0 spiro atoms. The molecule has 0 radical (unpaired) electrons. The summed E-state index contributed by atoms with van der Waals surface area (Å²) in [6.45, 7) is 0. The maximum Gasteiger partial charge on any atom is 0.296 e. The zero-order valence-electron chi connectivity index (χ0n) is 12.4. The predicted molar refractivity (Wildman–Crippen MR) is 91.4 cm³/mol. The highest BCUT2D eigenvalue weighted by Crippen LogP contribution is 2.27. The Morgan fingerprint density at radius 3 is 2.46 bits per heavy atom. The lowest BCUT2D eigenvalue weighted by molar-refractivity contribution is 0.467. The first-order chi connectivity index (χ1) is 11.4. The highest BCUT2D eigenvalue weighted by atomic mass is 32.2. The zero-order chi connectivity index (χ0) is 17.2. The van der Waals surface area contributed by atoms with Gasteiger partial charge in [-0.1, -0.05) is 36.4 Å². The molecule has 0 amide bonds. The molecule has 24 heavy (non-hydrogen) atoms. The fourth-order valence-electron chi connectivity index (χ4n) is 2.21. The summed E-state index contributed by atoms with van der Waals surface area (Å²) in [6, 6.07) is 17.0. The van der Waals surface area contributed by atoms with Crippen molar-refractivity contribution in [2.75, 3.05) is 5.73 Å². The minimum absolute atomic E-state index is 0.0441. The van der Waals surface area contributed by atoms with Crippen molar-refractivity contribution >= 4 is 32.4 Å². The largest absolute Gasteiger partial charge is 0.397 e. The van der Waals surface area contributed by atoms with Crippen LogP contribution in [0.25, 0.3) is 10.9 Å². The van der Waals surface area contributed by atoms with Gasteiger partial charge in [-0.2, -0.15) is 18.6 Å². The SMILES string of the molecule is Nc1cccc2ccc(C(N=Nc3ccccc3)S(=O)(=O)O)nc12. The molecule has 0 aliphatic carbocycles. The number of anilines is 1. The van der Waals surface area contributed by atoms with E-state index in [9.17, 15) is 13.0 Å². The third-order valence-electron chi connectivity index (χ3n) is 3.34. The van der Waals surface area contributed by atoms with Crippen LogP contribution < -0.4 is 5.73 Å². The molecule has 122 valence electrons. The molecule has 0 bridgehead atoms. The standard InChI is InChI=1S/C16H14N4O3S/c17-13-8-4-5-11-9-10-14(18-15(11)13)16(24(21,22)23)20-19-12-6-2-1-3-7-12/h1-10,16H,17H2,(H,21,22,23). The van der Waals surface area contributed by atoms with Gasteiger partial charge < -0.3 is 5.73 Å². The number of benzene rings is 2. The van der Waals surface area contributed by atoms with Gasteiger partial charge in [-0.3, -0.25) is 4.55 Å². The van der Waals surface area contributed by atoms with Gasteiger partial charge in [-0.15, -0.1) is 0 Å². The molecule has 0 saturated carbocycles. The van der Waals surface area contributed by atoms with Gasteiger partial charge in [-0.25, -0.2) is 4.98 Å². The van der Waals surface area contributed by atoms with E-state index in [0.29, 0.717) is 16.9 Å². The summed E-state index contributed by atoms with van der Waals surface area (Å²) in [5.41, 5.74) is 7.23. The molecule has 0 fully saturated rings. The van der Waals surface area contributed by atoms with Crippen molar-refractivity contribution in [1.29, 1.82) is 0 Å². The molecule has 1 aromatic heterocycles. The van der Waals surface area contributed by atoms with E-state index >= 15 is 0 Å². The van der Waals surface area contributed by atoms with Crippen LogP contribution in [-0.4, -0.2) is 18.0 Å². The quantitative estimate of drug-likeness (QED) is 0.427. The smallest absolute Gasteiger partial charge is 0.296 e. The molecular formula is C16H14N4O3S. The van der Waals surface area contributed by atoms with E-state index in [2.05, 4.69) is 15.2 Å². The van der Waals surface area contributed by atoms with Crippen molar-refractivity contribution in [2.45, 2.75) is 5.37 Å². The Kier molecular flexibility index (Phi) is 4.24. The number of hydrogen-bond acceptors (Lipinski definition) is 6. The van der Waals surface area contributed by atoms with E-state index in [1.807, 2.05) is 0 Å². The number of nitrogen functional groups attached to an aromatic ring is 1. The molecule has 2 aromatic carbocycles. The van der Waals surface area contributed by atoms with E-state index in [-0.39, 0.29) is 5.69 Å². The maximum atomic E-state index is 11.7. The number of nitrogens with two attached hydrogens (primary N) is 1. The molecule has 3 rings (SSSR count). The fourth-order valence-corrected chi connectivity index (χ4v) is 2.81. The Morgan fingerprint density at radius 1 is 1.00 bits per heavy atom. The molecular weight excluding hydrogens is 328 g/mol. The second-order valence-corrected chi connectivity index (χ2v) is 6.55. The van der Waals surface area contributed by atoms with Crippen LogP contribution in [0.3, 0.4) is 0 Å². The van der Waals surface area contributed by atoms with Crippen LogP contribution in [0, 0.1) is 0 Å². The molecule has 0 saturated heterocycles. The number of para-hydroxylation sites is 1. The first-order valence-electron chi connectivity index (χ1n) is 7.02. The summed E-state index contributed by atoms with van der Waals surface area (Å²) < 4.78 is 32.9. The van der Waals surface area contributed by atoms with Gasteiger partial charge in [-0.05, 0) is 24.3 Å². The summed E-state index contributed by atoms with van der Waals surface area (Å²) in [5.74, 6) is 0. The first-order valence-corrected chi connectivity index (χ1v) is 8.53. The van der Waals surface area contributed by atoms with E-state index in [1.165, 1.54) is 6.07 Å². The second-order valence-electron chi connectivity index (χ2n) is 5.07. The van der Waals surface area contributed by atoms with Gasteiger partial charge in [0.1, 0.15) is 0 Å². The van der Waals surface area contributed by atoms with Crippen molar-refractivity contribution in [2.24, 2.45) is 10.2 Å². The third-order valence-corrected chi connectivity index (χ3v) is 4.24. The minimum Gasteiger partial charge on any atom is -0.397 e. The lowest BCUT2D eigenvalue weighted by Gasteiger charge is -2.09. The third kappa shape index (κ3) is 3.39. The summed E-state index contributed by atoms with van der Waals surface area (Å²) in [6.07, 6.45) is 0. The molecule has 0 aliphatic heterocycles. The van der Waals surface area contributed by atoms with Crippen LogP contribution in [0.5, 0.6) is 0 Å². The highest BCUT2D eigenvalue weighted by molar-refractivity contribution is 7.86. The van der Waals surface area contributed by atoms with E-state index in [1.54, 1.807) is 54.6 Å². The molecule has 1 unspecified atom stereocenters. The maximum absolute atomic E-state index is 11.7. The van der Waals surface area contributed by atoms with E-state index in [4.69, 9.17) is 5.73 Å². The Hall–Kier alpha value is -2.84. The summed E-state index contributed by atoms with van der Waals surface area (Å²) in [4.78, 5) is 4.24. The van der Waals surface area contributed by atoms with Crippen LogP contribution in [0.15, 0.2) is 70.9 Å². The lowest BCUT2D eigenvalue weighted by atomic mass is 10.2. The number of nitrogens with zero attached hydrogens (tertiary/aromatic N) is 3. The molecule has 3 aromatic rings. The topological polar surface area (TPSA) is 118 Å². The van der Waals surface area contributed by atoms with Gasteiger partial charge >= 0.3 is 0 Å².